The summed E-state index contributed by atoms with van der Waals surface area (Å²) in [7, 11) is 5.62. The van der Waals surface area contributed by atoms with Crippen LogP contribution in [-0.4, -0.2) is 86.1 Å². The molecule has 48 heavy (non-hydrogen) atoms. The lowest BCUT2D eigenvalue weighted by molar-refractivity contribution is -0.135. The van der Waals surface area contributed by atoms with Gasteiger partial charge in [-0.05, 0) is 98.0 Å². The highest BCUT2D eigenvalue weighted by atomic mass is 35.5. The molecule has 256 valence electrons. The number of hydrogen-bond donors (Lipinski definition) is 0. The molecule has 2 fully saturated rings. The Hall–Kier alpha value is -3.82. The predicted molar refractivity (Wildman–Crippen MR) is 190 cm³/mol. The molecule has 9 nitrogen and oxygen atoms in total. The normalized spacial score (nSPS) is 22.3. The number of anilines is 2. The molecule has 2 aromatic carbocycles. The van der Waals surface area contributed by atoms with Crippen molar-refractivity contribution >= 4 is 34.9 Å². The molecular formula is C38H48ClN5O4. The van der Waals surface area contributed by atoms with E-state index in [1.165, 1.54) is 0 Å². The molecule has 3 aliphatic rings. The minimum absolute atomic E-state index is 0.0122. The number of rotatable bonds is 10. The Bertz CT molecular complexity index is 1590. The maximum absolute atomic E-state index is 13.9. The summed E-state index contributed by atoms with van der Waals surface area (Å²) >= 11 is 6.29. The van der Waals surface area contributed by atoms with Gasteiger partial charge in [-0.2, -0.15) is 0 Å². The lowest BCUT2D eigenvalue weighted by Crippen LogP contribution is -2.53. The van der Waals surface area contributed by atoms with Crippen molar-refractivity contribution in [3.63, 3.8) is 0 Å². The summed E-state index contributed by atoms with van der Waals surface area (Å²) in [5.41, 5.74) is 3.60. The fourth-order valence-corrected chi connectivity index (χ4v) is 7.51. The van der Waals surface area contributed by atoms with E-state index in [2.05, 4.69) is 23.8 Å². The first kappa shape index (κ1) is 34.1. The maximum Gasteiger partial charge on any atom is 0.236 e. The van der Waals surface area contributed by atoms with Gasteiger partial charge in [0.25, 0.3) is 0 Å². The van der Waals surface area contributed by atoms with Gasteiger partial charge in [-0.3, -0.25) is 19.4 Å². The highest BCUT2D eigenvalue weighted by Crippen LogP contribution is 2.44. The number of fused-ring (bicyclic) bond motifs is 1. The Kier molecular flexibility index (Phi) is 10.5. The molecule has 2 aliphatic heterocycles. The van der Waals surface area contributed by atoms with Crippen LogP contribution in [0, 0.1) is 5.92 Å². The number of carbonyl (C=O) groups excluding carboxylic acids is 2. The van der Waals surface area contributed by atoms with Crippen molar-refractivity contribution in [1.82, 2.24) is 14.8 Å². The van der Waals surface area contributed by atoms with E-state index in [1.807, 2.05) is 78.5 Å². The number of halogens is 1. The monoisotopic (exact) mass is 673 g/mol. The van der Waals surface area contributed by atoms with Crippen LogP contribution < -0.4 is 19.3 Å². The SMILES string of the molecule is CC[C@@H](C)Oc1cc2c(cc1OC)CC(=O)N(c1ccc(N(C)C[C@H]3CC[C@@H](N4CCN(C)C(=O)C4)CC3)nc1)[C@H]2c1ccc(Cl)cc1. The van der Waals surface area contributed by atoms with E-state index in [1.54, 1.807) is 7.11 Å². The maximum atomic E-state index is 13.9. The zero-order valence-electron chi connectivity index (χ0n) is 28.8. The van der Waals surface area contributed by atoms with Crippen molar-refractivity contribution in [3.8, 4) is 11.5 Å². The lowest BCUT2D eigenvalue weighted by Gasteiger charge is -2.41. The Morgan fingerprint density at radius 3 is 2.40 bits per heavy atom. The van der Waals surface area contributed by atoms with Gasteiger partial charge < -0.3 is 19.3 Å². The molecule has 6 rings (SSSR count). The van der Waals surface area contributed by atoms with Crippen molar-refractivity contribution in [2.24, 2.45) is 5.92 Å². The van der Waals surface area contributed by atoms with Crippen LogP contribution in [0.4, 0.5) is 11.5 Å². The quantitative estimate of drug-likeness (QED) is 0.248. The van der Waals surface area contributed by atoms with Gasteiger partial charge >= 0.3 is 0 Å². The van der Waals surface area contributed by atoms with Gasteiger partial charge in [-0.1, -0.05) is 30.7 Å². The predicted octanol–water partition coefficient (Wildman–Crippen LogP) is 6.37. The Morgan fingerprint density at radius 2 is 1.75 bits per heavy atom. The Balaban J connectivity index is 1.20. The third-order valence-electron chi connectivity index (χ3n) is 10.4. The summed E-state index contributed by atoms with van der Waals surface area (Å²) in [6.45, 7) is 7.39. The molecule has 0 N–H and O–H groups in total. The van der Waals surface area contributed by atoms with E-state index in [0.717, 1.165) is 79.9 Å². The average molecular weight is 674 g/mol. The fraction of sp³-hybridized carbons (Fsp3) is 0.500. The molecule has 2 atom stereocenters. The lowest BCUT2D eigenvalue weighted by atomic mass is 9.84. The summed E-state index contributed by atoms with van der Waals surface area (Å²) in [6.07, 6.45) is 7.48. The molecule has 0 bridgehead atoms. The first-order valence-corrected chi connectivity index (χ1v) is 17.6. The molecular weight excluding hydrogens is 626 g/mol. The molecule has 0 radical (unpaired) electrons. The van der Waals surface area contributed by atoms with Crippen molar-refractivity contribution in [1.29, 1.82) is 0 Å². The van der Waals surface area contributed by atoms with Gasteiger partial charge in [0, 0.05) is 44.8 Å². The van der Waals surface area contributed by atoms with Gasteiger partial charge in [-0.15, -0.1) is 0 Å². The van der Waals surface area contributed by atoms with Crippen LogP contribution >= 0.6 is 11.6 Å². The molecule has 1 saturated heterocycles. The highest BCUT2D eigenvalue weighted by molar-refractivity contribution is 6.30. The van der Waals surface area contributed by atoms with Crippen LogP contribution in [0.3, 0.4) is 0 Å². The second-order valence-electron chi connectivity index (χ2n) is 13.6. The van der Waals surface area contributed by atoms with Gasteiger partial charge in [0.2, 0.25) is 11.8 Å². The van der Waals surface area contributed by atoms with E-state index in [4.69, 9.17) is 26.1 Å². The van der Waals surface area contributed by atoms with Crippen molar-refractivity contribution in [2.75, 3.05) is 57.2 Å². The van der Waals surface area contributed by atoms with Crippen LogP contribution in [0.25, 0.3) is 0 Å². The van der Waals surface area contributed by atoms with Gasteiger partial charge in [0.1, 0.15) is 5.82 Å². The molecule has 0 unspecified atom stereocenters. The van der Waals surface area contributed by atoms with Crippen LogP contribution in [0.2, 0.25) is 5.02 Å². The third kappa shape index (κ3) is 7.27. The summed E-state index contributed by atoms with van der Waals surface area (Å²) in [4.78, 5) is 39.3. The minimum Gasteiger partial charge on any atom is -0.493 e. The number of aromatic nitrogens is 1. The van der Waals surface area contributed by atoms with E-state index in [0.29, 0.717) is 35.0 Å². The minimum atomic E-state index is -0.389. The molecule has 10 heteroatoms. The number of ether oxygens (including phenoxy) is 2. The second-order valence-corrected chi connectivity index (χ2v) is 14.1. The van der Waals surface area contributed by atoms with E-state index in [9.17, 15) is 9.59 Å². The van der Waals surface area contributed by atoms with Crippen molar-refractivity contribution in [3.05, 3.63) is 76.4 Å². The topological polar surface area (TPSA) is 78.5 Å². The Labute approximate surface area is 289 Å². The molecule has 1 aliphatic carbocycles. The van der Waals surface area contributed by atoms with E-state index >= 15 is 0 Å². The van der Waals surface area contributed by atoms with Crippen molar-refractivity contribution < 1.29 is 19.1 Å². The number of carbonyl (C=O) groups is 2. The highest BCUT2D eigenvalue weighted by Gasteiger charge is 2.37. The number of hydrogen-bond acceptors (Lipinski definition) is 7. The second kappa shape index (κ2) is 14.7. The van der Waals surface area contributed by atoms with Gasteiger partial charge in [0.15, 0.2) is 11.5 Å². The van der Waals surface area contributed by atoms with Crippen LogP contribution in [0.15, 0.2) is 54.7 Å². The number of benzene rings is 2. The molecule has 3 heterocycles. The first-order valence-electron chi connectivity index (χ1n) is 17.2. The van der Waals surface area contributed by atoms with Crippen LogP contribution in [-0.2, 0) is 16.0 Å². The van der Waals surface area contributed by atoms with Gasteiger partial charge in [0.05, 0.1) is 44.1 Å². The summed E-state index contributed by atoms with van der Waals surface area (Å²) in [5.74, 6) is 2.97. The van der Waals surface area contributed by atoms with Crippen LogP contribution in [0.5, 0.6) is 11.5 Å². The fourth-order valence-electron chi connectivity index (χ4n) is 7.38. The zero-order valence-corrected chi connectivity index (χ0v) is 29.6. The number of nitrogens with zero attached hydrogens (tertiary/aromatic N) is 5. The van der Waals surface area contributed by atoms with E-state index in [-0.39, 0.29) is 30.4 Å². The summed E-state index contributed by atoms with van der Waals surface area (Å²) < 4.78 is 12.0. The van der Waals surface area contributed by atoms with E-state index < -0.39 is 0 Å². The summed E-state index contributed by atoms with van der Waals surface area (Å²) in [6, 6.07) is 15.8. The smallest absolute Gasteiger partial charge is 0.236 e. The number of methoxy groups -OCH3 is 1. The Morgan fingerprint density at radius 1 is 1.00 bits per heavy atom. The summed E-state index contributed by atoms with van der Waals surface area (Å²) in [5, 5.41) is 0.639. The standard InChI is InChI=1S/C38H48ClN5O4/c1-6-25(2)48-34-21-32-28(19-33(34)47-5)20-36(45)44(38(32)27-9-11-29(39)12-10-27)31-15-16-35(40-22-31)42(4)23-26-7-13-30(14-8-26)43-18-17-41(3)37(46)24-43/h9-12,15-16,19,21-22,25-26,30,38H,6-8,13-14,17-18,20,23-24H2,1-5H3/t25-,26-,30+,38+/m1/s1. The molecule has 3 aromatic rings. The third-order valence-corrected chi connectivity index (χ3v) is 10.7. The molecule has 1 saturated carbocycles. The number of piperazine rings is 1. The number of pyridine rings is 1. The van der Waals surface area contributed by atoms with Crippen LogP contribution in [0.1, 0.15) is 68.7 Å². The number of likely N-dealkylation sites (N-methyl/N-ethyl adjacent to an activating group) is 1. The average Bonchev–Trinajstić information content (AvgIpc) is 3.09. The van der Waals surface area contributed by atoms with Crippen molar-refractivity contribution in [2.45, 2.75) is 70.6 Å². The number of amides is 2. The zero-order chi connectivity index (χ0) is 33.9. The van der Waals surface area contributed by atoms with Gasteiger partial charge in [-0.25, -0.2) is 4.98 Å². The first-order chi connectivity index (χ1) is 23.1. The molecule has 2 amide bonds. The molecule has 1 aromatic heterocycles. The molecule has 0 spiro atoms. The largest absolute Gasteiger partial charge is 0.493 e.